The third-order valence-electron chi connectivity index (χ3n) is 2.48. The lowest BCUT2D eigenvalue weighted by molar-refractivity contribution is 0.544. The van der Waals surface area contributed by atoms with Crippen LogP contribution in [0.2, 0.25) is 0 Å². The van der Waals surface area contributed by atoms with Gasteiger partial charge in [-0.3, -0.25) is 9.67 Å². The summed E-state index contributed by atoms with van der Waals surface area (Å²) in [4.78, 5) is 4.07. The molecule has 2 aromatic rings. The summed E-state index contributed by atoms with van der Waals surface area (Å²) in [7, 11) is 0. The van der Waals surface area contributed by atoms with Crippen LogP contribution in [0.4, 0.5) is 0 Å². The number of aromatic nitrogens is 3. The number of aryl methyl sites for hydroxylation is 1. The van der Waals surface area contributed by atoms with Crippen molar-refractivity contribution in [2.75, 3.05) is 6.54 Å². The summed E-state index contributed by atoms with van der Waals surface area (Å²) in [6.45, 7) is 4.73. The summed E-state index contributed by atoms with van der Waals surface area (Å²) in [6, 6.07) is 6.04. The average Bonchev–Trinajstić information content (AvgIpc) is 2.72. The van der Waals surface area contributed by atoms with Crippen molar-refractivity contribution < 1.29 is 0 Å². The first-order valence-electron chi connectivity index (χ1n) is 5.44. The third-order valence-corrected chi connectivity index (χ3v) is 2.48. The van der Waals surface area contributed by atoms with Crippen LogP contribution in [0.25, 0.3) is 0 Å². The van der Waals surface area contributed by atoms with Crippen LogP contribution >= 0.6 is 0 Å². The van der Waals surface area contributed by atoms with Gasteiger partial charge in [-0.25, -0.2) is 0 Å². The largest absolute Gasteiger partial charge is 0.311 e. The summed E-state index contributed by atoms with van der Waals surface area (Å²) < 4.78 is 2.00. The van der Waals surface area contributed by atoms with Crippen LogP contribution in [0, 0.1) is 6.92 Å². The Kier molecular flexibility index (Phi) is 3.66. The molecule has 0 aliphatic carbocycles. The molecule has 2 aromatic heterocycles. The van der Waals surface area contributed by atoms with E-state index in [1.165, 1.54) is 11.3 Å². The van der Waals surface area contributed by atoms with Crippen molar-refractivity contribution >= 4 is 0 Å². The second-order valence-electron chi connectivity index (χ2n) is 3.73. The van der Waals surface area contributed by atoms with E-state index in [0.717, 1.165) is 19.6 Å². The van der Waals surface area contributed by atoms with Crippen LogP contribution in [0.15, 0.2) is 36.8 Å². The maximum absolute atomic E-state index is 4.22. The van der Waals surface area contributed by atoms with E-state index in [4.69, 9.17) is 0 Å². The van der Waals surface area contributed by atoms with E-state index in [-0.39, 0.29) is 0 Å². The molecule has 0 amide bonds. The molecule has 0 bridgehead atoms. The van der Waals surface area contributed by atoms with Crippen molar-refractivity contribution in [3.8, 4) is 0 Å². The van der Waals surface area contributed by atoms with Gasteiger partial charge in [0.15, 0.2) is 0 Å². The summed E-state index contributed by atoms with van der Waals surface area (Å²) in [5.74, 6) is 0. The third kappa shape index (κ3) is 2.90. The van der Waals surface area contributed by atoms with Gasteiger partial charge >= 0.3 is 0 Å². The Morgan fingerprint density at radius 1 is 1.31 bits per heavy atom. The Hall–Kier alpha value is -1.68. The Morgan fingerprint density at radius 2 is 2.25 bits per heavy atom. The van der Waals surface area contributed by atoms with E-state index >= 15 is 0 Å². The molecule has 16 heavy (non-hydrogen) atoms. The predicted octanol–water partition coefficient (Wildman–Crippen LogP) is 1.38. The molecule has 0 aliphatic heterocycles. The molecule has 2 heterocycles. The van der Waals surface area contributed by atoms with Gasteiger partial charge in [0, 0.05) is 37.4 Å². The zero-order chi connectivity index (χ0) is 11.2. The van der Waals surface area contributed by atoms with Crippen molar-refractivity contribution in [1.29, 1.82) is 0 Å². The molecule has 0 atom stereocenters. The molecule has 0 fully saturated rings. The van der Waals surface area contributed by atoms with Crippen LogP contribution in [-0.2, 0) is 13.1 Å². The van der Waals surface area contributed by atoms with E-state index < -0.39 is 0 Å². The number of nitrogens with one attached hydrogen (secondary N) is 1. The molecule has 0 spiro atoms. The molecule has 0 radical (unpaired) electrons. The molecule has 1 N–H and O–H groups in total. The fraction of sp³-hybridized carbons (Fsp3) is 0.333. The van der Waals surface area contributed by atoms with Crippen LogP contribution in [-0.4, -0.2) is 21.3 Å². The van der Waals surface area contributed by atoms with Crippen LogP contribution in [0.1, 0.15) is 11.3 Å². The standard InChI is InChI=1S/C12H16N4/c1-11-4-6-15-16(11)8-7-14-10-12-3-2-5-13-9-12/h2-6,9,14H,7-8,10H2,1H3. The minimum Gasteiger partial charge on any atom is -0.311 e. The average molecular weight is 216 g/mol. The highest BCUT2D eigenvalue weighted by atomic mass is 15.3. The lowest BCUT2D eigenvalue weighted by atomic mass is 10.3. The first-order chi connectivity index (χ1) is 7.86. The number of hydrogen-bond acceptors (Lipinski definition) is 3. The van der Waals surface area contributed by atoms with E-state index in [9.17, 15) is 0 Å². The van der Waals surface area contributed by atoms with Gasteiger partial charge in [-0.15, -0.1) is 0 Å². The molecular formula is C12H16N4. The van der Waals surface area contributed by atoms with E-state index in [1.807, 2.05) is 29.2 Å². The summed E-state index contributed by atoms with van der Waals surface area (Å²) >= 11 is 0. The normalized spacial score (nSPS) is 10.6. The fourth-order valence-corrected chi connectivity index (χ4v) is 1.55. The topological polar surface area (TPSA) is 42.7 Å². The van der Waals surface area contributed by atoms with E-state index in [0.29, 0.717) is 0 Å². The smallest absolute Gasteiger partial charge is 0.0537 e. The molecule has 0 saturated carbocycles. The lowest BCUT2D eigenvalue weighted by Crippen LogP contribution is -2.20. The van der Waals surface area contributed by atoms with Gasteiger partial charge in [-0.05, 0) is 24.6 Å². The Labute approximate surface area is 95.3 Å². The van der Waals surface area contributed by atoms with E-state index in [2.05, 4.69) is 28.4 Å². The Balaban J connectivity index is 1.72. The molecule has 0 aromatic carbocycles. The fourth-order valence-electron chi connectivity index (χ4n) is 1.55. The van der Waals surface area contributed by atoms with Gasteiger partial charge in [0.1, 0.15) is 0 Å². The summed E-state index contributed by atoms with van der Waals surface area (Å²) in [5, 5.41) is 7.59. The van der Waals surface area contributed by atoms with Crippen molar-refractivity contribution in [3.05, 3.63) is 48.0 Å². The van der Waals surface area contributed by atoms with Gasteiger partial charge in [0.05, 0.1) is 6.54 Å². The van der Waals surface area contributed by atoms with Crippen LogP contribution in [0.3, 0.4) is 0 Å². The lowest BCUT2D eigenvalue weighted by Gasteiger charge is -2.06. The SMILES string of the molecule is Cc1ccnn1CCNCc1cccnc1. The molecule has 2 rings (SSSR count). The Bertz CT molecular complexity index is 422. The molecule has 4 nitrogen and oxygen atoms in total. The molecule has 0 unspecified atom stereocenters. The number of nitrogens with zero attached hydrogens (tertiary/aromatic N) is 3. The van der Waals surface area contributed by atoms with Crippen molar-refractivity contribution in [3.63, 3.8) is 0 Å². The molecular weight excluding hydrogens is 200 g/mol. The highest BCUT2D eigenvalue weighted by molar-refractivity contribution is 5.07. The molecule has 0 saturated heterocycles. The van der Waals surface area contributed by atoms with Gasteiger partial charge < -0.3 is 5.32 Å². The predicted molar refractivity (Wildman–Crippen MR) is 62.9 cm³/mol. The summed E-state index contributed by atoms with van der Waals surface area (Å²) in [5.41, 5.74) is 2.41. The van der Waals surface area contributed by atoms with Crippen LogP contribution < -0.4 is 5.32 Å². The minimum absolute atomic E-state index is 0.855. The van der Waals surface area contributed by atoms with Crippen LogP contribution in [0.5, 0.6) is 0 Å². The van der Waals surface area contributed by atoms with Crippen molar-refractivity contribution in [2.24, 2.45) is 0 Å². The summed E-state index contributed by atoms with van der Waals surface area (Å²) in [6.07, 6.45) is 5.50. The quantitative estimate of drug-likeness (QED) is 0.768. The highest BCUT2D eigenvalue weighted by Crippen LogP contribution is 1.96. The number of rotatable bonds is 5. The molecule has 4 heteroatoms. The maximum Gasteiger partial charge on any atom is 0.0537 e. The van der Waals surface area contributed by atoms with E-state index in [1.54, 1.807) is 6.20 Å². The maximum atomic E-state index is 4.22. The van der Waals surface area contributed by atoms with Gasteiger partial charge in [-0.1, -0.05) is 6.07 Å². The van der Waals surface area contributed by atoms with Gasteiger partial charge in [0.2, 0.25) is 0 Å². The first-order valence-corrected chi connectivity index (χ1v) is 5.44. The minimum atomic E-state index is 0.855. The highest BCUT2D eigenvalue weighted by Gasteiger charge is 1.96. The second-order valence-corrected chi connectivity index (χ2v) is 3.73. The number of hydrogen-bond donors (Lipinski definition) is 1. The van der Waals surface area contributed by atoms with Gasteiger partial charge in [0.25, 0.3) is 0 Å². The first kappa shape index (κ1) is 10.8. The van der Waals surface area contributed by atoms with Crippen molar-refractivity contribution in [2.45, 2.75) is 20.0 Å². The zero-order valence-corrected chi connectivity index (χ0v) is 9.43. The second kappa shape index (κ2) is 5.42. The van der Waals surface area contributed by atoms with Crippen molar-refractivity contribution in [1.82, 2.24) is 20.1 Å². The zero-order valence-electron chi connectivity index (χ0n) is 9.43. The molecule has 84 valence electrons. The van der Waals surface area contributed by atoms with Gasteiger partial charge in [-0.2, -0.15) is 5.10 Å². The monoisotopic (exact) mass is 216 g/mol. The number of pyridine rings is 1. The Morgan fingerprint density at radius 3 is 2.94 bits per heavy atom. The molecule has 0 aliphatic rings.